The molecule has 0 bridgehead atoms. The number of aromatic nitrogens is 4. The van der Waals surface area contributed by atoms with E-state index in [1.165, 1.54) is 23.9 Å². The highest BCUT2D eigenvalue weighted by molar-refractivity contribution is 7.99. The van der Waals surface area contributed by atoms with Crippen LogP contribution in [0.2, 0.25) is 0 Å². The lowest BCUT2D eigenvalue weighted by molar-refractivity contribution is -0.141. The first-order chi connectivity index (χ1) is 13.2. The number of hydrogen-bond acceptors (Lipinski definition) is 5. The van der Waals surface area contributed by atoms with E-state index in [4.69, 9.17) is 0 Å². The predicted molar refractivity (Wildman–Crippen MR) is 98.9 cm³/mol. The lowest BCUT2D eigenvalue weighted by Gasteiger charge is -2.13. The molecule has 1 N–H and O–H groups in total. The van der Waals surface area contributed by atoms with Crippen molar-refractivity contribution in [1.82, 2.24) is 19.7 Å². The number of nitrogens with one attached hydrogen (secondary N) is 1. The van der Waals surface area contributed by atoms with E-state index in [-0.39, 0.29) is 11.1 Å². The first-order valence-corrected chi connectivity index (χ1v) is 9.08. The van der Waals surface area contributed by atoms with Crippen LogP contribution in [0.15, 0.2) is 53.9 Å². The van der Waals surface area contributed by atoms with Crippen LogP contribution in [0.25, 0.3) is 0 Å². The standard InChI is InChI=1S/C18H16F3N5OS/c1-11(28-17-25-22-10-26(17)2)12-5-3-6-13(9-12)16(27)24-15-8-4-7-14(23-15)18(19,20)21/h3-11H,1-2H3,(H,23,24,27). The van der Waals surface area contributed by atoms with Crippen LogP contribution in [0.5, 0.6) is 0 Å². The molecule has 0 saturated carbocycles. The van der Waals surface area contributed by atoms with E-state index in [9.17, 15) is 18.0 Å². The van der Waals surface area contributed by atoms with Gasteiger partial charge >= 0.3 is 6.18 Å². The van der Waals surface area contributed by atoms with Gasteiger partial charge in [-0.3, -0.25) is 4.79 Å². The predicted octanol–water partition coefficient (Wildman–Crippen LogP) is 4.33. The molecular formula is C18H16F3N5OS. The van der Waals surface area contributed by atoms with E-state index in [0.717, 1.165) is 16.8 Å². The summed E-state index contributed by atoms with van der Waals surface area (Å²) in [6.07, 6.45) is -2.98. The number of rotatable bonds is 5. The van der Waals surface area contributed by atoms with Gasteiger partial charge in [-0.2, -0.15) is 13.2 Å². The number of amides is 1. The fourth-order valence-electron chi connectivity index (χ4n) is 2.39. The summed E-state index contributed by atoms with van der Waals surface area (Å²) < 4.78 is 40.1. The second kappa shape index (κ2) is 8.01. The molecule has 146 valence electrons. The minimum absolute atomic E-state index is 0.0117. The number of anilines is 1. The molecule has 2 heterocycles. The number of halogens is 3. The van der Waals surface area contributed by atoms with E-state index >= 15 is 0 Å². The van der Waals surface area contributed by atoms with Gasteiger partial charge in [-0.1, -0.05) is 30.0 Å². The lowest BCUT2D eigenvalue weighted by atomic mass is 10.1. The van der Waals surface area contributed by atoms with Crippen molar-refractivity contribution in [2.45, 2.75) is 23.5 Å². The maximum absolute atomic E-state index is 12.8. The Morgan fingerprint density at radius 3 is 2.64 bits per heavy atom. The van der Waals surface area contributed by atoms with Crippen molar-refractivity contribution >= 4 is 23.5 Å². The van der Waals surface area contributed by atoms with Crippen molar-refractivity contribution in [2.75, 3.05) is 5.32 Å². The molecule has 0 spiro atoms. The molecule has 28 heavy (non-hydrogen) atoms. The molecule has 1 atom stereocenters. The van der Waals surface area contributed by atoms with Gasteiger partial charge in [0.25, 0.3) is 5.91 Å². The highest BCUT2D eigenvalue weighted by atomic mass is 32.2. The monoisotopic (exact) mass is 407 g/mol. The third kappa shape index (κ3) is 4.69. The quantitative estimate of drug-likeness (QED) is 0.637. The van der Waals surface area contributed by atoms with E-state index in [1.54, 1.807) is 29.1 Å². The van der Waals surface area contributed by atoms with Crippen molar-refractivity contribution in [3.63, 3.8) is 0 Å². The van der Waals surface area contributed by atoms with Gasteiger partial charge in [0.1, 0.15) is 17.8 Å². The number of alkyl halides is 3. The fraction of sp³-hybridized carbons (Fsp3) is 0.222. The minimum atomic E-state index is -4.58. The van der Waals surface area contributed by atoms with E-state index < -0.39 is 17.8 Å². The molecule has 0 aliphatic heterocycles. The van der Waals surface area contributed by atoms with Crippen LogP contribution in [-0.2, 0) is 13.2 Å². The van der Waals surface area contributed by atoms with Crippen LogP contribution in [0.4, 0.5) is 19.0 Å². The summed E-state index contributed by atoms with van der Waals surface area (Å²) in [6.45, 7) is 1.96. The third-order valence-electron chi connectivity index (χ3n) is 3.85. The van der Waals surface area contributed by atoms with Gasteiger partial charge in [-0.05, 0) is 36.8 Å². The molecule has 3 rings (SSSR count). The summed E-state index contributed by atoms with van der Waals surface area (Å²) >= 11 is 1.48. The van der Waals surface area contributed by atoms with Crippen LogP contribution >= 0.6 is 11.8 Å². The molecule has 3 aromatic rings. The molecule has 1 aromatic carbocycles. The summed E-state index contributed by atoms with van der Waals surface area (Å²) in [4.78, 5) is 15.9. The van der Waals surface area contributed by atoms with Crippen molar-refractivity contribution in [3.8, 4) is 0 Å². The van der Waals surface area contributed by atoms with Crippen LogP contribution in [0, 0.1) is 0 Å². The zero-order valence-corrected chi connectivity index (χ0v) is 15.8. The summed E-state index contributed by atoms with van der Waals surface area (Å²) in [6, 6.07) is 10.2. The van der Waals surface area contributed by atoms with Gasteiger partial charge in [0.15, 0.2) is 5.16 Å². The van der Waals surface area contributed by atoms with Gasteiger partial charge in [0.2, 0.25) is 0 Å². The Morgan fingerprint density at radius 1 is 1.21 bits per heavy atom. The van der Waals surface area contributed by atoms with E-state index in [2.05, 4.69) is 20.5 Å². The second-order valence-electron chi connectivity index (χ2n) is 5.97. The number of hydrogen-bond donors (Lipinski definition) is 1. The summed E-state index contributed by atoms with van der Waals surface area (Å²) in [7, 11) is 1.83. The molecule has 1 unspecified atom stereocenters. The van der Waals surface area contributed by atoms with Gasteiger partial charge in [-0.25, -0.2) is 4.98 Å². The van der Waals surface area contributed by atoms with Crippen LogP contribution in [0.1, 0.15) is 33.8 Å². The average Bonchev–Trinajstić information content (AvgIpc) is 3.06. The third-order valence-corrected chi connectivity index (χ3v) is 5.06. The molecule has 0 fully saturated rings. The topological polar surface area (TPSA) is 72.7 Å². The average molecular weight is 407 g/mol. The summed E-state index contributed by atoms with van der Waals surface area (Å²) in [5.74, 6) is -0.698. The maximum Gasteiger partial charge on any atom is 0.433 e. The maximum atomic E-state index is 12.8. The first kappa shape index (κ1) is 19.9. The van der Waals surface area contributed by atoms with Crippen LogP contribution < -0.4 is 5.32 Å². The number of benzene rings is 1. The first-order valence-electron chi connectivity index (χ1n) is 8.20. The Hall–Kier alpha value is -2.88. The molecular weight excluding hydrogens is 391 g/mol. The molecule has 0 aliphatic rings. The number of nitrogens with zero attached hydrogens (tertiary/aromatic N) is 4. The molecule has 0 aliphatic carbocycles. The minimum Gasteiger partial charge on any atom is -0.312 e. The Labute approximate surface area is 163 Å². The van der Waals surface area contributed by atoms with Gasteiger partial charge in [0.05, 0.1) is 0 Å². The summed E-state index contributed by atoms with van der Waals surface area (Å²) in [5, 5.41) is 11.0. The smallest absolute Gasteiger partial charge is 0.312 e. The Bertz CT molecular complexity index is 989. The number of carbonyl (C=O) groups is 1. The van der Waals surface area contributed by atoms with Crippen molar-refractivity contribution < 1.29 is 18.0 Å². The number of aryl methyl sites for hydroxylation is 1. The van der Waals surface area contributed by atoms with Gasteiger partial charge < -0.3 is 9.88 Å². The lowest BCUT2D eigenvalue weighted by Crippen LogP contribution is -2.15. The molecule has 10 heteroatoms. The largest absolute Gasteiger partial charge is 0.433 e. The molecule has 0 radical (unpaired) electrons. The molecule has 2 aromatic heterocycles. The van der Waals surface area contributed by atoms with Crippen LogP contribution in [0.3, 0.4) is 0 Å². The van der Waals surface area contributed by atoms with Crippen molar-refractivity contribution in [3.05, 3.63) is 65.6 Å². The normalized spacial score (nSPS) is 12.6. The molecule has 6 nitrogen and oxygen atoms in total. The van der Waals surface area contributed by atoms with Crippen LogP contribution in [-0.4, -0.2) is 25.7 Å². The second-order valence-corrected chi connectivity index (χ2v) is 7.28. The SMILES string of the molecule is CC(Sc1nncn1C)c1cccc(C(=O)Nc2cccc(C(F)(F)F)n2)c1. The van der Waals surface area contributed by atoms with E-state index in [1.807, 2.05) is 20.0 Å². The van der Waals surface area contributed by atoms with Crippen molar-refractivity contribution in [1.29, 1.82) is 0 Å². The number of carbonyl (C=O) groups excluding carboxylic acids is 1. The molecule has 1 amide bonds. The zero-order chi connectivity index (χ0) is 20.3. The Kier molecular flexibility index (Phi) is 5.68. The van der Waals surface area contributed by atoms with Crippen molar-refractivity contribution in [2.24, 2.45) is 7.05 Å². The highest BCUT2D eigenvalue weighted by Gasteiger charge is 2.32. The fourth-order valence-corrected chi connectivity index (χ4v) is 3.30. The van der Waals surface area contributed by atoms with Gasteiger partial charge in [-0.15, -0.1) is 10.2 Å². The highest BCUT2D eigenvalue weighted by Crippen LogP contribution is 2.33. The summed E-state index contributed by atoms with van der Waals surface area (Å²) in [5.41, 5.74) is 0.132. The van der Waals surface area contributed by atoms with E-state index in [0.29, 0.717) is 5.56 Å². The number of pyridine rings is 1. The Morgan fingerprint density at radius 2 is 1.96 bits per heavy atom. The Balaban J connectivity index is 1.74. The number of thioether (sulfide) groups is 1. The van der Waals surface area contributed by atoms with Gasteiger partial charge in [0, 0.05) is 17.9 Å². The molecule has 0 saturated heterocycles. The zero-order valence-electron chi connectivity index (χ0n) is 14.9.